The van der Waals surface area contributed by atoms with Crippen molar-refractivity contribution >= 4 is 11.8 Å². The van der Waals surface area contributed by atoms with Gasteiger partial charge in [-0.1, -0.05) is 19.1 Å². The molecule has 1 aromatic carbocycles. The SMILES string of the molecule is CCC(C)n1ccc(CSc2cccc(C(C)NC)c2)n1. The predicted octanol–water partition coefficient (Wildman–Crippen LogP) is 4.43. The highest BCUT2D eigenvalue weighted by Crippen LogP contribution is 2.25. The van der Waals surface area contributed by atoms with E-state index in [1.807, 2.05) is 18.8 Å². The number of thioether (sulfide) groups is 1. The van der Waals surface area contributed by atoms with Crippen LogP contribution in [0.2, 0.25) is 0 Å². The largest absolute Gasteiger partial charge is 0.313 e. The number of nitrogens with one attached hydrogen (secondary N) is 1. The predicted molar refractivity (Wildman–Crippen MR) is 90.7 cm³/mol. The van der Waals surface area contributed by atoms with E-state index < -0.39 is 0 Å². The molecule has 1 heterocycles. The Morgan fingerprint density at radius 1 is 1.29 bits per heavy atom. The number of aromatic nitrogens is 2. The smallest absolute Gasteiger partial charge is 0.0727 e. The molecule has 3 nitrogen and oxygen atoms in total. The summed E-state index contributed by atoms with van der Waals surface area (Å²) >= 11 is 1.84. The van der Waals surface area contributed by atoms with Crippen LogP contribution >= 0.6 is 11.8 Å². The van der Waals surface area contributed by atoms with Gasteiger partial charge in [0, 0.05) is 28.9 Å². The number of hydrogen-bond acceptors (Lipinski definition) is 3. The van der Waals surface area contributed by atoms with E-state index in [2.05, 4.69) is 72.4 Å². The Kier molecular flexibility index (Phi) is 5.88. The standard InChI is InChI=1S/C17H25N3S/c1-5-13(2)20-10-9-16(19-20)12-21-17-8-6-7-15(11-17)14(3)18-4/h6-11,13-14,18H,5,12H2,1-4H3. The summed E-state index contributed by atoms with van der Waals surface area (Å²) < 4.78 is 2.06. The molecule has 21 heavy (non-hydrogen) atoms. The topological polar surface area (TPSA) is 29.9 Å². The number of benzene rings is 1. The van der Waals surface area contributed by atoms with Gasteiger partial charge in [0.2, 0.25) is 0 Å². The van der Waals surface area contributed by atoms with E-state index in [-0.39, 0.29) is 0 Å². The minimum atomic E-state index is 0.384. The molecule has 0 aliphatic rings. The van der Waals surface area contributed by atoms with Crippen LogP contribution in [0.5, 0.6) is 0 Å². The van der Waals surface area contributed by atoms with Gasteiger partial charge in [-0.2, -0.15) is 5.10 Å². The van der Waals surface area contributed by atoms with Gasteiger partial charge in [-0.05, 0) is 51.1 Å². The molecule has 0 fully saturated rings. The Labute approximate surface area is 132 Å². The van der Waals surface area contributed by atoms with Gasteiger partial charge in [0.05, 0.1) is 5.69 Å². The summed E-state index contributed by atoms with van der Waals surface area (Å²) in [5.74, 6) is 0.917. The quantitative estimate of drug-likeness (QED) is 0.768. The fourth-order valence-corrected chi connectivity index (χ4v) is 2.95. The van der Waals surface area contributed by atoms with E-state index >= 15 is 0 Å². The lowest BCUT2D eigenvalue weighted by atomic mass is 10.1. The second-order valence-corrected chi connectivity index (χ2v) is 6.46. The lowest BCUT2D eigenvalue weighted by Crippen LogP contribution is -2.11. The van der Waals surface area contributed by atoms with Gasteiger partial charge in [-0.15, -0.1) is 11.8 Å². The zero-order chi connectivity index (χ0) is 15.2. The van der Waals surface area contributed by atoms with Gasteiger partial charge in [-0.3, -0.25) is 4.68 Å². The third kappa shape index (κ3) is 4.35. The second-order valence-electron chi connectivity index (χ2n) is 5.42. The van der Waals surface area contributed by atoms with Crippen molar-refractivity contribution in [2.45, 2.75) is 49.9 Å². The van der Waals surface area contributed by atoms with Crippen molar-refractivity contribution in [3.63, 3.8) is 0 Å². The van der Waals surface area contributed by atoms with E-state index in [1.54, 1.807) is 0 Å². The normalized spacial score (nSPS) is 14.1. The first-order valence-electron chi connectivity index (χ1n) is 7.58. The Hall–Kier alpha value is -1.26. The highest BCUT2D eigenvalue weighted by atomic mass is 32.2. The molecule has 2 aromatic rings. The van der Waals surface area contributed by atoms with Crippen LogP contribution in [-0.4, -0.2) is 16.8 Å². The monoisotopic (exact) mass is 303 g/mol. The van der Waals surface area contributed by atoms with Crippen molar-refractivity contribution in [3.05, 3.63) is 47.8 Å². The van der Waals surface area contributed by atoms with Gasteiger partial charge >= 0.3 is 0 Å². The molecule has 0 saturated carbocycles. The Balaban J connectivity index is 1.98. The molecule has 0 saturated heterocycles. The van der Waals surface area contributed by atoms with E-state index in [9.17, 15) is 0 Å². The molecular weight excluding hydrogens is 278 g/mol. The number of hydrogen-bond donors (Lipinski definition) is 1. The van der Waals surface area contributed by atoms with Crippen molar-refractivity contribution in [2.75, 3.05) is 7.05 Å². The van der Waals surface area contributed by atoms with Crippen LogP contribution in [-0.2, 0) is 5.75 Å². The molecule has 0 aliphatic heterocycles. The molecule has 4 heteroatoms. The summed E-state index contributed by atoms with van der Waals surface area (Å²) in [6.07, 6.45) is 3.20. The van der Waals surface area contributed by atoms with Crippen molar-refractivity contribution in [1.82, 2.24) is 15.1 Å². The van der Waals surface area contributed by atoms with E-state index in [0.29, 0.717) is 12.1 Å². The summed E-state index contributed by atoms with van der Waals surface area (Å²) in [4.78, 5) is 1.30. The molecule has 0 radical (unpaired) electrons. The van der Waals surface area contributed by atoms with Crippen LogP contribution in [0.3, 0.4) is 0 Å². The minimum Gasteiger partial charge on any atom is -0.313 e. The molecule has 1 aromatic heterocycles. The zero-order valence-corrected chi connectivity index (χ0v) is 14.2. The molecule has 2 atom stereocenters. The summed E-state index contributed by atoms with van der Waals surface area (Å²) in [5, 5.41) is 7.93. The Bertz CT molecular complexity index is 565. The van der Waals surface area contributed by atoms with Crippen LogP contribution in [0.4, 0.5) is 0 Å². The first-order valence-corrected chi connectivity index (χ1v) is 8.56. The van der Waals surface area contributed by atoms with E-state index in [4.69, 9.17) is 0 Å². The third-order valence-corrected chi connectivity index (χ3v) is 4.91. The Morgan fingerprint density at radius 3 is 2.81 bits per heavy atom. The van der Waals surface area contributed by atoms with Crippen LogP contribution in [0, 0.1) is 0 Å². The zero-order valence-electron chi connectivity index (χ0n) is 13.3. The van der Waals surface area contributed by atoms with Gasteiger partial charge in [0.25, 0.3) is 0 Å². The molecule has 114 valence electrons. The molecular formula is C17H25N3S. The average Bonchev–Trinajstić information content (AvgIpc) is 3.00. The summed E-state index contributed by atoms with van der Waals surface area (Å²) in [6, 6.07) is 11.7. The lowest BCUT2D eigenvalue weighted by molar-refractivity contribution is 0.475. The van der Waals surface area contributed by atoms with Crippen LogP contribution in [0.25, 0.3) is 0 Å². The lowest BCUT2D eigenvalue weighted by Gasteiger charge is -2.11. The van der Waals surface area contributed by atoms with Gasteiger partial charge < -0.3 is 5.32 Å². The molecule has 2 rings (SSSR count). The van der Waals surface area contributed by atoms with Gasteiger partial charge in [0.15, 0.2) is 0 Å². The molecule has 0 aliphatic carbocycles. The molecule has 0 amide bonds. The Morgan fingerprint density at radius 2 is 2.10 bits per heavy atom. The first kappa shape index (κ1) is 16.1. The maximum Gasteiger partial charge on any atom is 0.0727 e. The van der Waals surface area contributed by atoms with Crippen molar-refractivity contribution in [3.8, 4) is 0 Å². The van der Waals surface area contributed by atoms with Crippen molar-refractivity contribution in [1.29, 1.82) is 0 Å². The minimum absolute atomic E-state index is 0.384. The third-order valence-electron chi connectivity index (χ3n) is 3.88. The highest BCUT2D eigenvalue weighted by Gasteiger charge is 2.07. The van der Waals surface area contributed by atoms with Gasteiger partial charge in [-0.25, -0.2) is 0 Å². The number of rotatable bonds is 7. The second kappa shape index (κ2) is 7.66. The summed E-state index contributed by atoms with van der Waals surface area (Å²) in [6.45, 7) is 6.57. The van der Waals surface area contributed by atoms with E-state index in [0.717, 1.165) is 17.9 Å². The van der Waals surface area contributed by atoms with Crippen molar-refractivity contribution < 1.29 is 0 Å². The fraction of sp³-hybridized carbons (Fsp3) is 0.471. The summed E-state index contributed by atoms with van der Waals surface area (Å²) in [7, 11) is 1.99. The van der Waals surface area contributed by atoms with Crippen LogP contribution < -0.4 is 5.32 Å². The number of nitrogens with zero attached hydrogens (tertiary/aromatic N) is 2. The maximum absolute atomic E-state index is 4.65. The molecule has 2 unspecified atom stereocenters. The highest BCUT2D eigenvalue weighted by molar-refractivity contribution is 7.98. The van der Waals surface area contributed by atoms with Crippen LogP contribution in [0.15, 0.2) is 41.4 Å². The average molecular weight is 303 g/mol. The van der Waals surface area contributed by atoms with Crippen LogP contribution in [0.1, 0.15) is 50.5 Å². The van der Waals surface area contributed by atoms with Gasteiger partial charge in [0.1, 0.15) is 0 Å². The maximum atomic E-state index is 4.65. The fourth-order valence-electron chi connectivity index (χ4n) is 2.08. The first-order chi connectivity index (χ1) is 10.1. The molecule has 1 N–H and O–H groups in total. The summed E-state index contributed by atoms with van der Waals surface area (Å²) in [5.41, 5.74) is 2.47. The molecule has 0 bridgehead atoms. The van der Waals surface area contributed by atoms with E-state index in [1.165, 1.54) is 10.5 Å². The molecule has 0 spiro atoms. The van der Waals surface area contributed by atoms with Crippen molar-refractivity contribution in [2.24, 2.45) is 0 Å².